The zero-order valence-electron chi connectivity index (χ0n) is 17.5. The van der Waals surface area contributed by atoms with Crippen LogP contribution in [0.4, 0.5) is 0 Å². The standard InChI is InChI=1S/C21H26N2O7S/c1-26-16-4-6-19(27-2)21(12-16)31(24,25)22-13-17(23-7-9-28-10-8-23)15-3-5-18-20(11-15)30-14-29-18/h3-6,11-12,17,22H,7-10,13-14H2,1-2H3/t17-/m1/s1. The third kappa shape index (κ3) is 4.72. The Morgan fingerprint density at radius 2 is 1.81 bits per heavy atom. The van der Waals surface area contributed by atoms with Crippen LogP contribution >= 0.6 is 0 Å². The van der Waals surface area contributed by atoms with Crippen LogP contribution < -0.4 is 23.7 Å². The van der Waals surface area contributed by atoms with Crippen molar-refractivity contribution in [3.63, 3.8) is 0 Å². The van der Waals surface area contributed by atoms with Gasteiger partial charge in [-0.05, 0) is 29.8 Å². The second kappa shape index (κ2) is 9.31. The largest absolute Gasteiger partial charge is 0.497 e. The molecule has 2 aliphatic rings. The number of morpholine rings is 1. The number of hydrogen-bond acceptors (Lipinski definition) is 8. The normalized spacial score (nSPS) is 17.4. The maximum atomic E-state index is 13.2. The molecule has 0 saturated carbocycles. The van der Waals surface area contributed by atoms with Gasteiger partial charge < -0.3 is 23.7 Å². The summed E-state index contributed by atoms with van der Waals surface area (Å²) in [6.07, 6.45) is 0. The van der Waals surface area contributed by atoms with E-state index in [0.717, 1.165) is 5.56 Å². The van der Waals surface area contributed by atoms with Gasteiger partial charge in [-0.25, -0.2) is 13.1 Å². The SMILES string of the molecule is COc1ccc(OC)c(S(=O)(=O)NC[C@H](c2ccc3c(c2)OCO3)N2CCOCC2)c1. The van der Waals surface area contributed by atoms with Crippen molar-refractivity contribution in [1.82, 2.24) is 9.62 Å². The minimum Gasteiger partial charge on any atom is -0.497 e. The van der Waals surface area contributed by atoms with Crippen molar-refractivity contribution in [3.05, 3.63) is 42.0 Å². The molecule has 2 aromatic carbocycles. The van der Waals surface area contributed by atoms with Crippen LogP contribution in [0.5, 0.6) is 23.0 Å². The van der Waals surface area contributed by atoms with Crippen LogP contribution in [0, 0.1) is 0 Å². The zero-order chi connectivity index (χ0) is 21.8. The van der Waals surface area contributed by atoms with E-state index in [2.05, 4.69) is 9.62 Å². The number of sulfonamides is 1. The Balaban J connectivity index is 1.60. The molecule has 2 heterocycles. The summed E-state index contributed by atoms with van der Waals surface area (Å²) in [6.45, 7) is 2.94. The van der Waals surface area contributed by atoms with Crippen molar-refractivity contribution in [2.75, 3.05) is 53.9 Å². The molecule has 0 amide bonds. The van der Waals surface area contributed by atoms with Gasteiger partial charge in [-0.15, -0.1) is 0 Å². The molecule has 1 N–H and O–H groups in total. The molecule has 0 aliphatic carbocycles. The van der Waals surface area contributed by atoms with E-state index in [0.29, 0.717) is 43.6 Å². The van der Waals surface area contributed by atoms with Crippen LogP contribution in [-0.2, 0) is 14.8 Å². The first-order valence-electron chi connectivity index (χ1n) is 9.95. The van der Waals surface area contributed by atoms with Crippen molar-refractivity contribution in [1.29, 1.82) is 0 Å². The monoisotopic (exact) mass is 450 g/mol. The van der Waals surface area contributed by atoms with Crippen LogP contribution in [0.2, 0.25) is 0 Å². The molecule has 0 aromatic heterocycles. The predicted molar refractivity (Wildman–Crippen MR) is 112 cm³/mol. The highest BCUT2D eigenvalue weighted by atomic mass is 32.2. The van der Waals surface area contributed by atoms with Gasteiger partial charge in [-0.1, -0.05) is 6.07 Å². The molecule has 168 valence electrons. The fraction of sp³-hybridized carbons (Fsp3) is 0.429. The molecular formula is C21H26N2O7S. The molecule has 0 unspecified atom stereocenters. The predicted octanol–water partition coefficient (Wildman–Crippen LogP) is 1.78. The molecule has 2 aliphatic heterocycles. The highest BCUT2D eigenvalue weighted by Gasteiger charge is 2.28. The summed E-state index contributed by atoms with van der Waals surface area (Å²) in [5, 5.41) is 0. The number of fused-ring (bicyclic) bond motifs is 1. The average molecular weight is 451 g/mol. The topological polar surface area (TPSA) is 95.6 Å². The van der Waals surface area contributed by atoms with Crippen molar-refractivity contribution in [3.8, 4) is 23.0 Å². The number of hydrogen-bond donors (Lipinski definition) is 1. The van der Waals surface area contributed by atoms with E-state index in [4.69, 9.17) is 23.7 Å². The van der Waals surface area contributed by atoms with Gasteiger partial charge in [0.1, 0.15) is 16.4 Å². The second-order valence-electron chi connectivity index (χ2n) is 7.15. The van der Waals surface area contributed by atoms with Gasteiger partial charge in [-0.3, -0.25) is 4.90 Å². The first-order chi connectivity index (χ1) is 15.0. The fourth-order valence-electron chi connectivity index (χ4n) is 3.73. The number of methoxy groups -OCH3 is 2. The quantitative estimate of drug-likeness (QED) is 0.650. The molecular weight excluding hydrogens is 424 g/mol. The Kier molecular flexibility index (Phi) is 6.51. The fourth-order valence-corrected chi connectivity index (χ4v) is 4.95. The average Bonchev–Trinajstić information content (AvgIpc) is 3.27. The van der Waals surface area contributed by atoms with Crippen LogP contribution in [0.25, 0.3) is 0 Å². The molecule has 1 fully saturated rings. The summed E-state index contributed by atoms with van der Waals surface area (Å²) in [4.78, 5) is 2.23. The van der Waals surface area contributed by atoms with E-state index >= 15 is 0 Å². The van der Waals surface area contributed by atoms with Gasteiger partial charge >= 0.3 is 0 Å². The van der Waals surface area contributed by atoms with Gasteiger partial charge in [0.25, 0.3) is 0 Å². The zero-order valence-corrected chi connectivity index (χ0v) is 18.3. The Bertz CT molecular complexity index is 1020. The summed E-state index contributed by atoms with van der Waals surface area (Å²) in [5.41, 5.74) is 0.937. The van der Waals surface area contributed by atoms with Crippen LogP contribution in [0.3, 0.4) is 0 Å². The van der Waals surface area contributed by atoms with Crippen molar-refractivity contribution >= 4 is 10.0 Å². The number of rotatable bonds is 8. The first-order valence-corrected chi connectivity index (χ1v) is 11.4. The molecule has 0 bridgehead atoms. The lowest BCUT2D eigenvalue weighted by molar-refractivity contribution is 0.0171. The van der Waals surface area contributed by atoms with Crippen molar-refractivity contribution in [2.24, 2.45) is 0 Å². The molecule has 31 heavy (non-hydrogen) atoms. The molecule has 1 atom stereocenters. The minimum absolute atomic E-state index is 0.0285. The summed E-state index contributed by atoms with van der Waals surface area (Å²) in [6, 6.07) is 10.2. The second-order valence-corrected chi connectivity index (χ2v) is 8.88. The van der Waals surface area contributed by atoms with Gasteiger partial charge in [0, 0.05) is 31.7 Å². The maximum absolute atomic E-state index is 13.2. The summed E-state index contributed by atoms with van der Waals surface area (Å²) >= 11 is 0. The van der Waals surface area contributed by atoms with E-state index in [9.17, 15) is 8.42 Å². The van der Waals surface area contributed by atoms with Crippen LogP contribution in [0.1, 0.15) is 11.6 Å². The van der Waals surface area contributed by atoms with E-state index in [1.54, 1.807) is 12.1 Å². The summed E-state index contributed by atoms with van der Waals surface area (Å²) in [7, 11) is -0.937. The van der Waals surface area contributed by atoms with E-state index in [1.807, 2.05) is 18.2 Å². The summed E-state index contributed by atoms with van der Waals surface area (Å²) < 4.78 is 55.9. The highest BCUT2D eigenvalue weighted by molar-refractivity contribution is 7.89. The Labute approximate surface area is 181 Å². The van der Waals surface area contributed by atoms with E-state index < -0.39 is 10.0 Å². The third-order valence-electron chi connectivity index (χ3n) is 5.39. The van der Waals surface area contributed by atoms with Gasteiger partial charge in [-0.2, -0.15) is 0 Å². The smallest absolute Gasteiger partial charge is 0.244 e. The molecule has 0 spiro atoms. The third-order valence-corrected chi connectivity index (χ3v) is 6.84. The molecule has 9 nitrogen and oxygen atoms in total. The molecule has 4 rings (SSSR count). The van der Waals surface area contributed by atoms with Gasteiger partial charge in [0.15, 0.2) is 11.5 Å². The molecule has 1 saturated heterocycles. The van der Waals surface area contributed by atoms with Crippen molar-refractivity contribution < 1.29 is 32.1 Å². The Morgan fingerprint density at radius 1 is 1.03 bits per heavy atom. The van der Waals surface area contributed by atoms with Gasteiger partial charge in [0.2, 0.25) is 16.8 Å². The van der Waals surface area contributed by atoms with Crippen LogP contribution in [0.15, 0.2) is 41.3 Å². The first kappa shape index (κ1) is 21.7. The maximum Gasteiger partial charge on any atom is 0.244 e. The number of nitrogens with zero attached hydrogens (tertiary/aromatic N) is 1. The molecule has 10 heteroatoms. The Morgan fingerprint density at radius 3 is 2.55 bits per heavy atom. The number of benzene rings is 2. The summed E-state index contributed by atoms with van der Waals surface area (Å²) in [5.74, 6) is 2.03. The lowest BCUT2D eigenvalue weighted by Gasteiger charge is -2.35. The number of nitrogens with one attached hydrogen (secondary N) is 1. The number of ether oxygens (including phenoxy) is 5. The Hall–Kier alpha value is -2.53. The minimum atomic E-state index is -3.86. The lowest BCUT2D eigenvalue weighted by atomic mass is 10.0. The van der Waals surface area contributed by atoms with E-state index in [1.165, 1.54) is 20.3 Å². The van der Waals surface area contributed by atoms with Crippen LogP contribution in [-0.4, -0.2) is 67.2 Å². The lowest BCUT2D eigenvalue weighted by Crippen LogP contribution is -2.43. The van der Waals surface area contributed by atoms with E-state index in [-0.39, 0.29) is 30.0 Å². The molecule has 2 aromatic rings. The highest BCUT2D eigenvalue weighted by Crippen LogP contribution is 2.36. The molecule has 0 radical (unpaired) electrons. The van der Waals surface area contributed by atoms with Gasteiger partial charge in [0.05, 0.1) is 27.4 Å². The van der Waals surface area contributed by atoms with Crippen molar-refractivity contribution in [2.45, 2.75) is 10.9 Å².